The van der Waals surface area contributed by atoms with Crippen LogP contribution in [0.3, 0.4) is 0 Å². The lowest BCUT2D eigenvalue weighted by Crippen LogP contribution is -2.45. The van der Waals surface area contributed by atoms with Crippen molar-refractivity contribution in [3.63, 3.8) is 0 Å². The summed E-state index contributed by atoms with van der Waals surface area (Å²) in [5.74, 6) is 0. The smallest absolute Gasteiger partial charge is 0.0861 e. The van der Waals surface area contributed by atoms with Gasteiger partial charge in [0.2, 0.25) is 0 Å². The zero-order valence-corrected chi connectivity index (χ0v) is 28.3. The Kier molecular flexibility index (Phi) is 13.2. The lowest BCUT2D eigenvalue weighted by Gasteiger charge is -2.45. The van der Waals surface area contributed by atoms with Crippen LogP contribution in [-0.4, -0.2) is 33.1 Å². The highest BCUT2D eigenvalue weighted by molar-refractivity contribution is 5.42. The maximum atomic E-state index is 10.9. The molecule has 3 atom stereocenters. The van der Waals surface area contributed by atoms with Gasteiger partial charge in [0, 0.05) is 6.42 Å². The van der Waals surface area contributed by atoms with Crippen molar-refractivity contribution in [3.8, 4) is 0 Å². The first-order chi connectivity index (χ1) is 19.9. The van der Waals surface area contributed by atoms with E-state index in [1.54, 1.807) is 6.92 Å². The van der Waals surface area contributed by atoms with Crippen LogP contribution in [0.15, 0.2) is 130 Å². The van der Waals surface area contributed by atoms with E-state index in [2.05, 4.69) is 123 Å². The van der Waals surface area contributed by atoms with E-state index in [0.29, 0.717) is 12.8 Å². The highest BCUT2D eigenvalue weighted by Crippen LogP contribution is 2.46. The maximum absolute atomic E-state index is 10.9. The summed E-state index contributed by atoms with van der Waals surface area (Å²) < 4.78 is 0. The molecule has 0 aromatic heterocycles. The summed E-state index contributed by atoms with van der Waals surface area (Å²) in [4.78, 5) is 0. The van der Waals surface area contributed by atoms with Crippen LogP contribution in [-0.2, 0) is 0 Å². The molecule has 2 aliphatic rings. The first-order valence-electron chi connectivity index (χ1n) is 15.5. The van der Waals surface area contributed by atoms with Crippen molar-refractivity contribution >= 4 is 0 Å². The van der Waals surface area contributed by atoms with Crippen LogP contribution in [0.2, 0.25) is 0 Å². The summed E-state index contributed by atoms with van der Waals surface area (Å²) in [7, 11) is 0. The van der Waals surface area contributed by atoms with Gasteiger partial charge < -0.3 is 15.3 Å². The summed E-state index contributed by atoms with van der Waals surface area (Å²) in [5, 5.41) is 31.1. The van der Waals surface area contributed by atoms with Gasteiger partial charge in [0.15, 0.2) is 0 Å². The monoisotopic (exact) mass is 584 g/mol. The maximum Gasteiger partial charge on any atom is 0.0861 e. The SMILES string of the molecule is CC1=C[C@@H](O)CC(C)(C)\C1=C/C=C(C)/C=C/C=C(C)/C=C/C=C/C(C)=C/C=C/C(C)=C/C=C1\C(C)(C)C[C@H](O)C[C@@]1(C)O. The standard InChI is InChI=1S/C40H56O3/c1-29(17-13-19-31(3)21-23-36-33(5)25-34(41)26-38(36,6)7)15-11-12-16-30(2)18-14-20-32(4)22-24-37-39(8,9)27-35(42)28-40(37,10)43/h11-25,34-35,41-43H,26-28H2,1-10H3/b15-11+,16-12+,19-13+,20-14+,29-17+,30-18+,31-21+,32-22+,36-23-,37-24+/t34-,35+,40-/m1/s1. The highest BCUT2D eigenvalue weighted by Gasteiger charge is 2.43. The zero-order chi connectivity index (χ0) is 32.4. The quantitative estimate of drug-likeness (QED) is 0.237. The van der Waals surface area contributed by atoms with Crippen LogP contribution in [0.25, 0.3) is 0 Å². The molecule has 0 radical (unpaired) electrons. The van der Waals surface area contributed by atoms with Gasteiger partial charge in [0.25, 0.3) is 0 Å². The van der Waals surface area contributed by atoms with E-state index >= 15 is 0 Å². The fourth-order valence-corrected chi connectivity index (χ4v) is 6.20. The van der Waals surface area contributed by atoms with Crippen molar-refractivity contribution in [2.75, 3.05) is 0 Å². The van der Waals surface area contributed by atoms with Gasteiger partial charge in [-0.25, -0.2) is 0 Å². The molecule has 0 heterocycles. The van der Waals surface area contributed by atoms with Crippen LogP contribution < -0.4 is 0 Å². The molecule has 0 unspecified atom stereocenters. The second kappa shape index (κ2) is 15.7. The number of hydrogen-bond acceptors (Lipinski definition) is 3. The minimum Gasteiger partial charge on any atom is -0.393 e. The van der Waals surface area contributed by atoms with Gasteiger partial charge in [-0.1, -0.05) is 141 Å². The average Bonchev–Trinajstić information content (AvgIpc) is 2.83. The fraction of sp³-hybridized carbons (Fsp3) is 0.450. The molecule has 3 N–H and O–H groups in total. The number of aliphatic hydroxyl groups is 3. The molecule has 1 saturated carbocycles. The zero-order valence-electron chi connectivity index (χ0n) is 28.3. The fourth-order valence-electron chi connectivity index (χ4n) is 6.20. The molecule has 0 spiro atoms. The number of hydrogen-bond donors (Lipinski definition) is 3. The lowest BCUT2D eigenvalue weighted by molar-refractivity contribution is -0.0271. The normalized spacial score (nSPS) is 29.7. The predicted molar refractivity (Wildman–Crippen MR) is 186 cm³/mol. The van der Waals surface area contributed by atoms with Crippen molar-refractivity contribution in [2.24, 2.45) is 10.8 Å². The molecule has 2 aliphatic carbocycles. The minimum absolute atomic E-state index is 0.0339. The summed E-state index contributed by atoms with van der Waals surface area (Å²) >= 11 is 0. The second-order valence-corrected chi connectivity index (χ2v) is 14.0. The van der Waals surface area contributed by atoms with Crippen LogP contribution in [0.5, 0.6) is 0 Å². The van der Waals surface area contributed by atoms with Crippen molar-refractivity contribution in [1.82, 2.24) is 0 Å². The molecule has 0 aromatic rings. The molecule has 43 heavy (non-hydrogen) atoms. The minimum atomic E-state index is -0.996. The van der Waals surface area contributed by atoms with E-state index in [9.17, 15) is 15.3 Å². The van der Waals surface area contributed by atoms with Gasteiger partial charge >= 0.3 is 0 Å². The molecule has 2 rings (SSSR count). The Morgan fingerprint density at radius 3 is 1.60 bits per heavy atom. The highest BCUT2D eigenvalue weighted by atomic mass is 16.3. The third-order valence-electron chi connectivity index (χ3n) is 8.30. The Morgan fingerprint density at radius 1 is 0.651 bits per heavy atom. The molecule has 0 amide bonds. The largest absolute Gasteiger partial charge is 0.393 e. The summed E-state index contributed by atoms with van der Waals surface area (Å²) in [5.41, 5.74) is 6.72. The number of rotatable bonds is 9. The van der Waals surface area contributed by atoms with Gasteiger partial charge in [0.05, 0.1) is 17.8 Å². The first-order valence-corrected chi connectivity index (χ1v) is 15.5. The van der Waals surface area contributed by atoms with Gasteiger partial charge in [-0.3, -0.25) is 0 Å². The van der Waals surface area contributed by atoms with Crippen LogP contribution >= 0.6 is 0 Å². The summed E-state index contributed by atoms with van der Waals surface area (Å²) in [6.45, 7) is 20.7. The molecule has 3 heteroatoms. The molecule has 0 aromatic carbocycles. The van der Waals surface area contributed by atoms with Gasteiger partial charge in [0.1, 0.15) is 0 Å². The molecule has 234 valence electrons. The van der Waals surface area contributed by atoms with Gasteiger partial charge in [-0.2, -0.15) is 0 Å². The second-order valence-electron chi connectivity index (χ2n) is 14.0. The van der Waals surface area contributed by atoms with E-state index < -0.39 is 11.7 Å². The average molecular weight is 585 g/mol. The first kappa shape index (κ1) is 36.2. The van der Waals surface area contributed by atoms with E-state index in [-0.39, 0.29) is 16.9 Å². The van der Waals surface area contributed by atoms with Crippen molar-refractivity contribution in [3.05, 3.63) is 130 Å². The van der Waals surface area contributed by atoms with Gasteiger partial charge in [-0.05, 0) is 81.9 Å². The topological polar surface area (TPSA) is 60.7 Å². The van der Waals surface area contributed by atoms with Crippen LogP contribution in [0.4, 0.5) is 0 Å². The molecule has 1 fully saturated rings. The van der Waals surface area contributed by atoms with E-state index in [1.807, 2.05) is 30.4 Å². The van der Waals surface area contributed by atoms with Gasteiger partial charge in [-0.15, -0.1) is 0 Å². The molecular formula is C40H56O3. The van der Waals surface area contributed by atoms with Crippen LogP contribution in [0.1, 0.15) is 88.5 Å². The Hall–Kier alpha value is -2.98. The lowest BCUT2D eigenvalue weighted by atomic mass is 9.65. The van der Waals surface area contributed by atoms with Crippen LogP contribution in [0, 0.1) is 10.8 Å². The Bertz CT molecular complexity index is 1300. The Labute approximate surface area is 262 Å². The van der Waals surface area contributed by atoms with E-state index in [1.165, 1.54) is 16.7 Å². The van der Waals surface area contributed by atoms with Crippen molar-refractivity contribution in [2.45, 2.75) is 106 Å². The van der Waals surface area contributed by atoms with E-state index in [0.717, 1.165) is 28.7 Å². The summed E-state index contributed by atoms with van der Waals surface area (Å²) in [6, 6.07) is 0. The molecule has 3 nitrogen and oxygen atoms in total. The number of allylic oxidation sites excluding steroid dienone is 20. The molecule has 0 saturated heterocycles. The third-order valence-corrected chi connectivity index (χ3v) is 8.30. The van der Waals surface area contributed by atoms with E-state index in [4.69, 9.17) is 0 Å². The summed E-state index contributed by atoms with van der Waals surface area (Å²) in [6.07, 6.45) is 32.1. The Morgan fingerprint density at radius 2 is 1.12 bits per heavy atom. The molecule has 0 bridgehead atoms. The predicted octanol–water partition coefficient (Wildman–Crippen LogP) is 9.52. The third kappa shape index (κ3) is 11.9. The molecular weight excluding hydrogens is 528 g/mol. The Balaban J connectivity index is 1.94. The van der Waals surface area contributed by atoms with Crippen molar-refractivity contribution < 1.29 is 15.3 Å². The number of aliphatic hydroxyl groups excluding tert-OH is 2. The van der Waals surface area contributed by atoms with Crippen molar-refractivity contribution in [1.29, 1.82) is 0 Å². The molecule has 0 aliphatic heterocycles.